The Balaban J connectivity index is 2.11. The average Bonchev–Trinajstić information content (AvgIpc) is 2.57. The summed E-state index contributed by atoms with van der Waals surface area (Å²) in [4.78, 5) is 23.8. The summed E-state index contributed by atoms with van der Waals surface area (Å²) in [5.74, 6) is 0.285. The van der Waals surface area contributed by atoms with Gasteiger partial charge < -0.3 is 21.1 Å². The van der Waals surface area contributed by atoms with Gasteiger partial charge in [0.15, 0.2) is 0 Å². The van der Waals surface area contributed by atoms with Crippen LogP contribution in [0.3, 0.4) is 0 Å². The molecule has 2 aromatic rings. The Bertz CT molecular complexity index is 795. The zero-order valence-electron chi connectivity index (χ0n) is 14.7. The van der Waals surface area contributed by atoms with Gasteiger partial charge in [-0.3, -0.25) is 4.79 Å². The second kappa shape index (κ2) is 9.10. The van der Waals surface area contributed by atoms with Crippen molar-refractivity contribution in [1.82, 2.24) is 5.32 Å². The zero-order valence-corrected chi connectivity index (χ0v) is 15.5. The topological polar surface area (TPSA) is 93.4 Å². The molecule has 1 unspecified atom stereocenters. The summed E-state index contributed by atoms with van der Waals surface area (Å²) < 4.78 is 5.37. The molecule has 3 amide bonds. The first kappa shape index (κ1) is 19.6. The lowest BCUT2D eigenvalue weighted by Gasteiger charge is -2.19. The third kappa shape index (κ3) is 5.39. The number of rotatable bonds is 7. The van der Waals surface area contributed by atoms with E-state index in [1.54, 1.807) is 18.2 Å². The minimum atomic E-state index is -0.685. The molecular weight excluding hydrogens is 354 g/mol. The van der Waals surface area contributed by atoms with Crippen molar-refractivity contribution in [2.45, 2.75) is 26.3 Å². The lowest BCUT2D eigenvalue weighted by atomic mass is 9.98. The molecular formula is C19H22ClN3O3. The van der Waals surface area contributed by atoms with E-state index in [1.165, 1.54) is 0 Å². The summed E-state index contributed by atoms with van der Waals surface area (Å²) in [7, 11) is 0. The van der Waals surface area contributed by atoms with E-state index in [4.69, 9.17) is 22.1 Å². The molecule has 0 saturated carbocycles. The van der Waals surface area contributed by atoms with Crippen LogP contribution in [0.4, 0.5) is 10.5 Å². The van der Waals surface area contributed by atoms with E-state index in [2.05, 4.69) is 10.6 Å². The normalized spacial score (nSPS) is 11.5. The molecule has 2 aromatic carbocycles. The van der Waals surface area contributed by atoms with Crippen molar-refractivity contribution in [3.8, 4) is 5.75 Å². The molecule has 0 aliphatic carbocycles. The molecule has 0 radical (unpaired) electrons. The van der Waals surface area contributed by atoms with E-state index < -0.39 is 12.1 Å². The molecule has 138 valence electrons. The van der Waals surface area contributed by atoms with Crippen molar-refractivity contribution in [1.29, 1.82) is 0 Å². The number of hydrogen-bond acceptors (Lipinski definition) is 3. The number of ether oxygens (including phenoxy) is 1. The molecule has 1 atom stereocenters. The van der Waals surface area contributed by atoms with Gasteiger partial charge in [0.05, 0.1) is 24.1 Å². The number of nitrogens with one attached hydrogen (secondary N) is 2. The van der Waals surface area contributed by atoms with Crippen molar-refractivity contribution in [2.24, 2.45) is 5.73 Å². The summed E-state index contributed by atoms with van der Waals surface area (Å²) in [5.41, 5.74) is 7.61. The maximum absolute atomic E-state index is 12.4. The van der Waals surface area contributed by atoms with E-state index in [0.29, 0.717) is 23.1 Å². The van der Waals surface area contributed by atoms with Gasteiger partial charge >= 0.3 is 6.03 Å². The second-order valence-electron chi connectivity index (χ2n) is 5.75. The standard InChI is InChI=1S/C19H22ClN3O3/c1-3-26-17-9-8-13(10-15(17)20)22-18(24)11-16(23-19(21)25)14-7-5-4-6-12(14)2/h4-10,16H,3,11H2,1-2H3,(H,22,24)(H3,21,23,25). The highest BCUT2D eigenvalue weighted by molar-refractivity contribution is 6.32. The molecule has 0 bridgehead atoms. The number of anilines is 1. The smallest absolute Gasteiger partial charge is 0.312 e. The number of halogens is 1. The Kier molecular flexibility index (Phi) is 6.86. The number of primary amides is 1. The highest BCUT2D eigenvalue weighted by Crippen LogP contribution is 2.28. The molecule has 0 aromatic heterocycles. The van der Waals surface area contributed by atoms with Crippen LogP contribution in [0.15, 0.2) is 42.5 Å². The van der Waals surface area contributed by atoms with Gasteiger partial charge in [-0.15, -0.1) is 0 Å². The van der Waals surface area contributed by atoms with Crippen LogP contribution in [0, 0.1) is 6.92 Å². The number of carbonyl (C=O) groups excluding carboxylic acids is 2. The van der Waals surface area contributed by atoms with Crippen LogP contribution in [0.25, 0.3) is 0 Å². The van der Waals surface area contributed by atoms with E-state index in [-0.39, 0.29) is 12.3 Å². The van der Waals surface area contributed by atoms with Crippen molar-refractivity contribution < 1.29 is 14.3 Å². The highest BCUT2D eigenvalue weighted by Gasteiger charge is 2.19. The van der Waals surface area contributed by atoms with E-state index in [9.17, 15) is 9.59 Å². The molecule has 0 spiro atoms. The first-order chi connectivity index (χ1) is 12.4. The molecule has 2 rings (SSSR count). The van der Waals surface area contributed by atoms with E-state index in [0.717, 1.165) is 11.1 Å². The van der Waals surface area contributed by atoms with Gasteiger partial charge in [0.2, 0.25) is 5.91 Å². The maximum atomic E-state index is 12.4. The van der Waals surface area contributed by atoms with Crippen LogP contribution in [-0.4, -0.2) is 18.5 Å². The number of hydrogen-bond donors (Lipinski definition) is 3. The lowest BCUT2D eigenvalue weighted by molar-refractivity contribution is -0.116. The number of urea groups is 1. The van der Waals surface area contributed by atoms with Crippen molar-refractivity contribution in [3.63, 3.8) is 0 Å². The summed E-state index contributed by atoms with van der Waals surface area (Å²) >= 11 is 6.13. The van der Waals surface area contributed by atoms with Gasteiger partial charge in [-0.25, -0.2) is 4.79 Å². The fourth-order valence-corrected chi connectivity index (χ4v) is 2.87. The monoisotopic (exact) mass is 375 g/mol. The van der Waals surface area contributed by atoms with E-state index in [1.807, 2.05) is 38.1 Å². The maximum Gasteiger partial charge on any atom is 0.312 e. The Morgan fingerprint density at radius 3 is 2.58 bits per heavy atom. The lowest BCUT2D eigenvalue weighted by Crippen LogP contribution is -2.35. The van der Waals surface area contributed by atoms with Crippen LogP contribution >= 0.6 is 11.6 Å². The zero-order chi connectivity index (χ0) is 19.1. The molecule has 0 heterocycles. The second-order valence-corrected chi connectivity index (χ2v) is 6.16. The minimum absolute atomic E-state index is 0.0403. The predicted molar refractivity (Wildman–Crippen MR) is 103 cm³/mol. The van der Waals surface area contributed by atoms with Crippen LogP contribution in [0.5, 0.6) is 5.75 Å². The Morgan fingerprint density at radius 1 is 1.23 bits per heavy atom. The number of aryl methyl sites for hydroxylation is 1. The molecule has 0 fully saturated rings. The number of nitrogens with two attached hydrogens (primary N) is 1. The van der Waals surface area contributed by atoms with Crippen molar-refractivity contribution in [2.75, 3.05) is 11.9 Å². The molecule has 0 saturated heterocycles. The summed E-state index contributed by atoms with van der Waals surface area (Å²) in [6, 6.07) is 11.3. The first-order valence-corrected chi connectivity index (χ1v) is 8.62. The Morgan fingerprint density at radius 2 is 1.96 bits per heavy atom. The molecule has 6 nitrogen and oxygen atoms in total. The number of amides is 3. The van der Waals surface area contributed by atoms with Crippen LogP contribution in [0.2, 0.25) is 5.02 Å². The SMILES string of the molecule is CCOc1ccc(NC(=O)CC(NC(N)=O)c2ccccc2C)cc1Cl. The van der Waals surface area contributed by atoms with Gasteiger partial charge in [0.1, 0.15) is 5.75 Å². The molecule has 0 aliphatic heterocycles. The van der Waals surface area contributed by atoms with Crippen LogP contribution in [0.1, 0.15) is 30.5 Å². The number of benzene rings is 2. The van der Waals surface area contributed by atoms with Gasteiger partial charge in [-0.2, -0.15) is 0 Å². The number of carbonyl (C=O) groups is 2. The summed E-state index contributed by atoms with van der Waals surface area (Å²) in [6.45, 7) is 4.28. The third-order valence-corrected chi connectivity index (χ3v) is 4.08. The Labute approximate surface area is 157 Å². The quantitative estimate of drug-likeness (QED) is 0.687. The van der Waals surface area contributed by atoms with Gasteiger partial charge in [0, 0.05) is 5.69 Å². The van der Waals surface area contributed by atoms with Crippen LogP contribution < -0.4 is 21.1 Å². The summed E-state index contributed by atoms with van der Waals surface area (Å²) in [5, 5.41) is 5.81. The molecule has 4 N–H and O–H groups in total. The fourth-order valence-electron chi connectivity index (χ4n) is 2.64. The van der Waals surface area contributed by atoms with Crippen molar-refractivity contribution in [3.05, 3.63) is 58.6 Å². The van der Waals surface area contributed by atoms with Crippen LogP contribution in [-0.2, 0) is 4.79 Å². The molecule has 7 heteroatoms. The van der Waals surface area contributed by atoms with Gasteiger partial charge in [0.25, 0.3) is 0 Å². The van der Waals surface area contributed by atoms with E-state index >= 15 is 0 Å². The highest BCUT2D eigenvalue weighted by atomic mass is 35.5. The Hall–Kier alpha value is -2.73. The van der Waals surface area contributed by atoms with Gasteiger partial charge in [-0.05, 0) is 43.2 Å². The minimum Gasteiger partial charge on any atom is -0.492 e. The summed E-state index contributed by atoms with van der Waals surface area (Å²) in [6.07, 6.45) is 0.0403. The van der Waals surface area contributed by atoms with Gasteiger partial charge in [-0.1, -0.05) is 35.9 Å². The molecule has 0 aliphatic rings. The van der Waals surface area contributed by atoms with Crippen molar-refractivity contribution >= 4 is 29.2 Å². The average molecular weight is 376 g/mol. The largest absolute Gasteiger partial charge is 0.492 e. The first-order valence-electron chi connectivity index (χ1n) is 8.24. The predicted octanol–water partition coefficient (Wildman–Crippen LogP) is 3.79. The molecule has 26 heavy (non-hydrogen) atoms. The third-order valence-electron chi connectivity index (χ3n) is 3.79. The fraction of sp³-hybridized carbons (Fsp3) is 0.263.